The largest absolute Gasteiger partial charge is 0.494 e. The van der Waals surface area contributed by atoms with Crippen molar-refractivity contribution >= 4 is 42.5 Å². The predicted molar refractivity (Wildman–Crippen MR) is 341 cm³/mol. The topological polar surface area (TPSA) is 81.2 Å². The summed E-state index contributed by atoms with van der Waals surface area (Å²) in [6, 6.07) is 22.9. The van der Waals surface area contributed by atoms with E-state index in [1.165, 1.54) is 89.9 Å². The number of unbranched alkanes of at least 4 members (excludes halogenated alkanes) is 18. The van der Waals surface area contributed by atoms with Crippen molar-refractivity contribution in [1.29, 1.82) is 0 Å². The number of benzene rings is 3. The zero-order valence-electron chi connectivity index (χ0n) is 50.3. The smallest absolute Gasteiger partial charge is 0.127 e. The lowest BCUT2D eigenvalue weighted by Gasteiger charge is -2.17. The Hall–Kier alpha value is -6.28. The minimum atomic E-state index is 0.631. The molecule has 8 nitrogen and oxygen atoms in total. The Morgan fingerprint density at radius 1 is 0.312 bits per heavy atom. The fourth-order valence-corrected chi connectivity index (χ4v) is 9.25. The average molecular weight is 1090 g/mol. The zero-order valence-corrected chi connectivity index (χ0v) is 50.3. The van der Waals surface area contributed by atoms with Gasteiger partial charge in [0.2, 0.25) is 0 Å². The Morgan fingerprint density at radius 3 is 0.963 bits per heavy atom. The van der Waals surface area contributed by atoms with Gasteiger partial charge in [-0.15, -0.1) is 0 Å². The number of ether oxygens (including phenoxy) is 6. The number of pyridine rings is 2. The van der Waals surface area contributed by atoms with Gasteiger partial charge in [-0.1, -0.05) is 218 Å². The SMILES string of the molecule is C=Cc1cc(OCCCCCC)c(/C=C/c2cc(OCCCCCC)c(/C=C/c3ccc(-c4ccc(/C=C/c5cc(OCCCCCC)ccc5OCCCCCC)cn4)nc3)cc2OCCCCCC)cc1OCCCCCC. The van der Waals surface area contributed by atoms with Crippen molar-refractivity contribution in [3.8, 4) is 45.9 Å². The van der Waals surface area contributed by atoms with Crippen LogP contribution in [0.4, 0.5) is 0 Å². The highest BCUT2D eigenvalue weighted by Crippen LogP contribution is 2.36. The van der Waals surface area contributed by atoms with Gasteiger partial charge >= 0.3 is 0 Å². The molecule has 434 valence electrons. The lowest BCUT2D eigenvalue weighted by molar-refractivity contribution is 0.295. The quantitative estimate of drug-likeness (QED) is 0.0282. The van der Waals surface area contributed by atoms with E-state index >= 15 is 0 Å². The third kappa shape index (κ3) is 24.2. The standard InChI is InChI=1S/C72H100N2O6/c1-8-15-21-27-45-75-65-41-44-68(76-46-28-22-16-9-2)61(51-65)37-33-58-35-42-66(73-56-58)67-43-36-59(57-74-67)34-38-62-54-72(80-50-32-26-20-13-6)64(55-71(62)79-49-31-25-19-12-5)40-39-63-53-69(77-47-29-23-17-10-3)60(14-7)52-70(63)78-48-30-24-18-11-4/h14,33-44,51-57H,7-13,15-32,45-50H2,1-6H3/b37-33+,38-34+,40-39+. The lowest BCUT2D eigenvalue weighted by Crippen LogP contribution is -2.03. The molecule has 5 rings (SSSR count). The van der Waals surface area contributed by atoms with Crippen LogP contribution in [0.1, 0.15) is 235 Å². The van der Waals surface area contributed by atoms with Gasteiger partial charge < -0.3 is 28.4 Å². The molecule has 0 amide bonds. The molecule has 0 saturated carbocycles. The third-order valence-electron chi connectivity index (χ3n) is 14.2. The maximum Gasteiger partial charge on any atom is 0.127 e. The molecule has 2 heterocycles. The van der Waals surface area contributed by atoms with Gasteiger partial charge in [-0.3, -0.25) is 9.97 Å². The number of hydrogen-bond acceptors (Lipinski definition) is 8. The summed E-state index contributed by atoms with van der Waals surface area (Å²) in [6.07, 6.45) is 45.8. The van der Waals surface area contributed by atoms with E-state index in [-0.39, 0.29) is 0 Å². The first-order valence-corrected chi connectivity index (χ1v) is 31.3. The summed E-state index contributed by atoms with van der Waals surface area (Å²) in [7, 11) is 0. The molecule has 0 saturated heterocycles. The fourth-order valence-electron chi connectivity index (χ4n) is 9.25. The van der Waals surface area contributed by atoms with Gasteiger partial charge in [0.25, 0.3) is 0 Å². The summed E-state index contributed by atoms with van der Waals surface area (Å²) < 4.78 is 38.7. The van der Waals surface area contributed by atoms with Gasteiger partial charge in [-0.2, -0.15) is 0 Å². The maximum absolute atomic E-state index is 6.68. The van der Waals surface area contributed by atoms with E-state index in [2.05, 4.69) is 127 Å². The second kappa shape index (κ2) is 40.0. The summed E-state index contributed by atoms with van der Waals surface area (Å²) in [5.74, 6) is 5.01. The van der Waals surface area contributed by atoms with Crippen molar-refractivity contribution in [2.24, 2.45) is 0 Å². The van der Waals surface area contributed by atoms with E-state index in [9.17, 15) is 0 Å². The Labute approximate surface area is 484 Å². The van der Waals surface area contributed by atoms with E-state index in [1.807, 2.05) is 42.7 Å². The summed E-state index contributed by atoms with van der Waals surface area (Å²) in [5.41, 5.74) is 8.37. The Bertz CT molecular complexity index is 2560. The first-order chi connectivity index (χ1) is 39.4. The van der Waals surface area contributed by atoms with Crippen molar-refractivity contribution in [1.82, 2.24) is 9.97 Å². The number of aromatic nitrogens is 2. The van der Waals surface area contributed by atoms with Crippen LogP contribution in [0.15, 0.2) is 85.7 Å². The van der Waals surface area contributed by atoms with Crippen molar-refractivity contribution < 1.29 is 28.4 Å². The molecule has 8 heteroatoms. The minimum Gasteiger partial charge on any atom is -0.494 e. The average Bonchev–Trinajstić information content (AvgIpc) is 3.50. The number of nitrogens with zero attached hydrogens (tertiary/aromatic N) is 2. The molecule has 80 heavy (non-hydrogen) atoms. The van der Waals surface area contributed by atoms with Crippen LogP contribution >= 0.6 is 0 Å². The molecular weight excluding hydrogens is 989 g/mol. The molecule has 0 spiro atoms. The van der Waals surface area contributed by atoms with E-state index in [0.717, 1.165) is 156 Å². The van der Waals surface area contributed by atoms with E-state index in [4.69, 9.17) is 38.4 Å². The van der Waals surface area contributed by atoms with Gasteiger partial charge in [-0.25, -0.2) is 0 Å². The van der Waals surface area contributed by atoms with Crippen LogP contribution in [0.25, 0.3) is 53.9 Å². The van der Waals surface area contributed by atoms with Crippen LogP contribution < -0.4 is 28.4 Å². The second-order valence-corrected chi connectivity index (χ2v) is 21.2. The summed E-state index contributed by atoms with van der Waals surface area (Å²) in [4.78, 5) is 9.71. The van der Waals surface area contributed by atoms with Gasteiger partial charge in [0, 0.05) is 40.2 Å². The number of rotatable bonds is 44. The van der Waals surface area contributed by atoms with Crippen LogP contribution in [-0.2, 0) is 0 Å². The lowest BCUT2D eigenvalue weighted by atomic mass is 10.0. The molecule has 0 atom stereocenters. The molecule has 5 aromatic rings. The first kappa shape index (κ1) is 64.5. The van der Waals surface area contributed by atoms with Crippen molar-refractivity contribution in [3.63, 3.8) is 0 Å². The molecule has 0 aliphatic rings. The van der Waals surface area contributed by atoms with Gasteiger partial charge in [0.05, 0.1) is 51.0 Å². The van der Waals surface area contributed by atoms with Gasteiger partial charge in [0.1, 0.15) is 34.5 Å². The molecule has 0 bridgehead atoms. The highest BCUT2D eigenvalue weighted by molar-refractivity contribution is 5.81. The Balaban J connectivity index is 1.40. The summed E-state index contributed by atoms with van der Waals surface area (Å²) >= 11 is 0. The van der Waals surface area contributed by atoms with E-state index in [0.29, 0.717) is 33.0 Å². The Morgan fingerprint density at radius 2 is 0.625 bits per heavy atom. The second-order valence-electron chi connectivity index (χ2n) is 21.2. The molecule has 0 aliphatic heterocycles. The van der Waals surface area contributed by atoms with Crippen molar-refractivity contribution in [3.05, 3.63) is 125 Å². The highest BCUT2D eigenvalue weighted by Gasteiger charge is 2.14. The van der Waals surface area contributed by atoms with Crippen LogP contribution in [0.5, 0.6) is 34.5 Å². The molecule has 0 aliphatic carbocycles. The van der Waals surface area contributed by atoms with Crippen LogP contribution in [0.2, 0.25) is 0 Å². The summed E-state index contributed by atoms with van der Waals surface area (Å²) in [5, 5.41) is 0. The van der Waals surface area contributed by atoms with Crippen LogP contribution in [0, 0.1) is 0 Å². The minimum absolute atomic E-state index is 0.631. The highest BCUT2D eigenvalue weighted by atomic mass is 16.5. The van der Waals surface area contributed by atoms with Crippen molar-refractivity contribution in [2.45, 2.75) is 196 Å². The molecule has 2 aromatic heterocycles. The summed E-state index contributed by atoms with van der Waals surface area (Å²) in [6.45, 7) is 21.5. The molecule has 0 fully saturated rings. The van der Waals surface area contributed by atoms with Crippen molar-refractivity contribution in [2.75, 3.05) is 39.6 Å². The van der Waals surface area contributed by atoms with Gasteiger partial charge in [-0.05, 0) is 104 Å². The van der Waals surface area contributed by atoms with Gasteiger partial charge in [0.15, 0.2) is 0 Å². The molecule has 3 aromatic carbocycles. The zero-order chi connectivity index (χ0) is 56.7. The van der Waals surface area contributed by atoms with Crippen LogP contribution in [-0.4, -0.2) is 49.6 Å². The molecule has 0 N–H and O–H groups in total. The monoisotopic (exact) mass is 1090 g/mol. The van der Waals surface area contributed by atoms with E-state index < -0.39 is 0 Å². The maximum atomic E-state index is 6.68. The molecule has 0 radical (unpaired) electrons. The van der Waals surface area contributed by atoms with E-state index in [1.54, 1.807) is 0 Å². The normalized spacial score (nSPS) is 11.5. The molecular formula is C72H100N2O6. The third-order valence-corrected chi connectivity index (χ3v) is 14.2. The fraction of sp³-hybridized carbons (Fsp3) is 0.500. The predicted octanol–water partition coefficient (Wildman–Crippen LogP) is 21.1. The molecule has 0 unspecified atom stereocenters. The number of hydrogen-bond donors (Lipinski definition) is 0. The van der Waals surface area contributed by atoms with Crippen LogP contribution in [0.3, 0.4) is 0 Å². The first-order valence-electron chi connectivity index (χ1n) is 31.3. The Kier molecular flexibility index (Phi) is 32.3.